The summed E-state index contributed by atoms with van der Waals surface area (Å²) in [5, 5.41) is 2.84. The number of aromatic nitrogens is 2. The van der Waals surface area contributed by atoms with Crippen molar-refractivity contribution in [3.05, 3.63) is 48.5 Å². The van der Waals surface area contributed by atoms with Gasteiger partial charge in [0, 0.05) is 37.1 Å². The molecule has 0 saturated carbocycles. The smallest absolute Gasteiger partial charge is 0.227 e. The van der Waals surface area contributed by atoms with Crippen molar-refractivity contribution in [1.29, 1.82) is 0 Å². The van der Waals surface area contributed by atoms with Gasteiger partial charge in [-0.05, 0) is 43.2 Å². The topological polar surface area (TPSA) is 58.1 Å². The zero-order valence-electron chi connectivity index (χ0n) is 12.1. The van der Waals surface area contributed by atoms with Crippen molar-refractivity contribution in [2.24, 2.45) is 5.92 Å². The van der Waals surface area contributed by atoms with Gasteiger partial charge in [0.15, 0.2) is 0 Å². The number of carbonyl (C=O) groups excluding carboxylic acids is 1. The van der Waals surface area contributed by atoms with E-state index in [-0.39, 0.29) is 17.6 Å². The van der Waals surface area contributed by atoms with Crippen LogP contribution in [0.1, 0.15) is 12.8 Å². The molecule has 1 fully saturated rings. The highest BCUT2D eigenvalue weighted by Gasteiger charge is 2.26. The number of hydrogen-bond donors (Lipinski definition) is 1. The number of hydrogen-bond acceptors (Lipinski definition) is 4. The average Bonchev–Trinajstić information content (AvgIpc) is 2.58. The Kier molecular flexibility index (Phi) is 4.27. The molecule has 0 spiro atoms. The van der Waals surface area contributed by atoms with Crippen molar-refractivity contribution in [3.8, 4) is 0 Å². The molecule has 0 unspecified atom stereocenters. The first-order valence-electron chi connectivity index (χ1n) is 7.31. The normalized spacial score (nSPS) is 15.6. The third-order valence-corrected chi connectivity index (χ3v) is 3.81. The SMILES string of the molecule is O=C(Nc1ccc(F)cc1)C1CCN(c2ncccn2)CC1. The summed E-state index contributed by atoms with van der Waals surface area (Å²) < 4.78 is 12.9. The molecule has 1 aromatic carbocycles. The average molecular weight is 300 g/mol. The van der Waals surface area contributed by atoms with Crippen LogP contribution in [-0.2, 0) is 4.79 Å². The standard InChI is InChI=1S/C16H17FN4O/c17-13-2-4-14(5-3-13)20-15(22)12-6-10-21(11-7-12)16-18-8-1-9-19-16/h1-5,8-9,12H,6-7,10-11H2,(H,20,22). The lowest BCUT2D eigenvalue weighted by Crippen LogP contribution is -2.39. The fraction of sp³-hybridized carbons (Fsp3) is 0.312. The molecule has 1 amide bonds. The van der Waals surface area contributed by atoms with E-state index >= 15 is 0 Å². The van der Waals surface area contributed by atoms with Crippen molar-refractivity contribution in [3.63, 3.8) is 0 Å². The maximum Gasteiger partial charge on any atom is 0.227 e. The summed E-state index contributed by atoms with van der Waals surface area (Å²) in [7, 11) is 0. The van der Waals surface area contributed by atoms with Gasteiger partial charge in [0.1, 0.15) is 5.82 Å². The fourth-order valence-corrected chi connectivity index (χ4v) is 2.57. The number of benzene rings is 1. The third kappa shape index (κ3) is 3.39. The Hall–Kier alpha value is -2.50. The number of amides is 1. The third-order valence-electron chi connectivity index (χ3n) is 3.81. The number of anilines is 2. The van der Waals surface area contributed by atoms with E-state index < -0.39 is 0 Å². The van der Waals surface area contributed by atoms with Crippen molar-refractivity contribution in [2.45, 2.75) is 12.8 Å². The molecule has 0 atom stereocenters. The van der Waals surface area contributed by atoms with Gasteiger partial charge in [-0.2, -0.15) is 0 Å². The molecule has 22 heavy (non-hydrogen) atoms. The van der Waals surface area contributed by atoms with Gasteiger partial charge in [-0.25, -0.2) is 14.4 Å². The first kappa shape index (κ1) is 14.4. The van der Waals surface area contributed by atoms with E-state index in [4.69, 9.17) is 0 Å². The Labute approximate surface area is 128 Å². The number of rotatable bonds is 3. The Bertz CT molecular complexity index is 624. The van der Waals surface area contributed by atoms with Crippen LogP contribution in [0, 0.1) is 11.7 Å². The van der Waals surface area contributed by atoms with Crippen molar-refractivity contribution < 1.29 is 9.18 Å². The molecule has 0 radical (unpaired) electrons. The second kappa shape index (κ2) is 6.51. The molecule has 2 heterocycles. The molecule has 0 aliphatic carbocycles. The van der Waals surface area contributed by atoms with Crippen LogP contribution in [-0.4, -0.2) is 29.0 Å². The molecule has 1 aliphatic heterocycles. The lowest BCUT2D eigenvalue weighted by molar-refractivity contribution is -0.120. The van der Waals surface area contributed by atoms with E-state index in [1.54, 1.807) is 30.6 Å². The van der Waals surface area contributed by atoms with Crippen LogP contribution in [0.3, 0.4) is 0 Å². The highest BCUT2D eigenvalue weighted by atomic mass is 19.1. The molecule has 6 heteroatoms. The molecule has 0 bridgehead atoms. The van der Waals surface area contributed by atoms with Crippen molar-refractivity contribution >= 4 is 17.5 Å². The van der Waals surface area contributed by atoms with Gasteiger partial charge >= 0.3 is 0 Å². The summed E-state index contributed by atoms with van der Waals surface area (Å²) in [6.45, 7) is 1.51. The summed E-state index contributed by atoms with van der Waals surface area (Å²) in [4.78, 5) is 22.8. The van der Waals surface area contributed by atoms with Gasteiger partial charge < -0.3 is 10.2 Å². The van der Waals surface area contributed by atoms with Crippen LogP contribution in [0.15, 0.2) is 42.7 Å². The molecule has 1 aromatic heterocycles. The summed E-state index contributed by atoms with van der Waals surface area (Å²) in [5.74, 6) is 0.347. The minimum Gasteiger partial charge on any atom is -0.341 e. The maximum absolute atomic E-state index is 12.9. The molecule has 1 aliphatic rings. The summed E-state index contributed by atoms with van der Waals surface area (Å²) in [6.07, 6.45) is 4.95. The van der Waals surface area contributed by atoms with E-state index in [1.807, 2.05) is 0 Å². The lowest BCUT2D eigenvalue weighted by Gasteiger charge is -2.31. The van der Waals surface area contributed by atoms with Gasteiger partial charge in [-0.15, -0.1) is 0 Å². The summed E-state index contributed by atoms with van der Waals surface area (Å²) in [5.41, 5.74) is 0.625. The number of nitrogens with one attached hydrogen (secondary N) is 1. The van der Waals surface area contributed by atoms with E-state index in [9.17, 15) is 9.18 Å². The zero-order valence-corrected chi connectivity index (χ0v) is 12.1. The molecule has 5 nitrogen and oxygen atoms in total. The van der Waals surface area contributed by atoms with Crippen LogP contribution in [0.5, 0.6) is 0 Å². The second-order valence-electron chi connectivity index (χ2n) is 5.31. The highest BCUT2D eigenvalue weighted by Crippen LogP contribution is 2.22. The van der Waals surface area contributed by atoms with Crippen LogP contribution in [0.25, 0.3) is 0 Å². The van der Waals surface area contributed by atoms with Gasteiger partial charge in [0.05, 0.1) is 0 Å². The van der Waals surface area contributed by atoms with Crippen LogP contribution >= 0.6 is 0 Å². The van der Waals surface area contributed by atoms with E-state index in [2.05, 4.69) is 20.2 Å². The predicted molar refractivity (Wildman–Crippen MR) is 82.0 cm³/mol. The first-order chi connectivity index (χ1) is 10.7. The summed E-state index contributed by atoms with van der Waals surface area (Å²) in [6, 6.07) is 7.60. The molecule has 1 saturated heterocycles. The minimum absolute atomic E-state index is 0.0137. The Morgan fingerprint density at radius 1 is 1.14 bits per heavy atom. The minimum atomic E-state index is -0.311. The first-order valence-corrected chi connectivity index (χ1v) is 7.31. The molecule has 1 N–H and O–H groups in total. The monoisotopic (exact) mass is 300 g/mol. The lowest BCUT2D eigenvalue weighted by atomic mass is 9.96. The van der Waals surface area contributed by atoms with E-state index in [1.165, 1.54) is 12.1 Å². The van der Waals surface area contributed by atoms with E-state index in [0.29, 0.717) is 11.6 Å². The Balaban J connectivity index is 1.54. The zero-order chi connectivity index (χ0) is 15.4. The molecular weight excluding hydrogens is 283 g/mol. The predicted octanol–water partition coefficient (Wildman–Crippen LogP) is 2.47. The molecule has 2 aromatic rings. The van der Waals surface area contributed by atoms with Crippen LogP contribution < -0.4 is 10.2 Å². The molecule has 3 rings (SSSR count). The number of piperidine rings is 1. The second-order valence-corrected chi connectivity index (χ2v) is 5.31. The largest absolute Gasteiger partial charge is 0.341 e. The van der Waals surface area contributed by atoms with E-state index in [0.717, 1.165) is 25.9 Å². The van der Waals surface area contributed by atoms with Crippen molar-refractivity contribution in [2.75, 3.05) is 23.3 Å². The number of carbonyl (C=O) groups is 1. The quantitative estimate of drug-likeness (QED) is 0.946. The summed E-state index contributed by atoms with van der Waals surface area (Å²) >= 11 is 0. The van der Waals surface area contributed by atoms with Gasteiger partial charge in [-0.3, -0.25) is 4.79 Å². The van der Waals surface area contributed by atoms with Gasteiger partial charge in [0.25, 0.3) is 0 Å². The fourth-order valence-electron chi connectivity index (χ4n) is 2.57. The Morgan fingerprint density at radius 2 is 1.77 bits per heavy atom. The van der Waals surface area contributed by atoms with Crippen LogP contribution in [0.2, 0.25) is 0 Å². The van der Waals surface area contributed by atoms with Crippen LogP contribution in [0.4, 0.5) is 16.0 Å². The number of nitrogens with zero attached hydrogens (tertiary/aromatic N) is 3. The highest BCUT2D eigenvalue weighted by molar-refractivity contribution is 5.92. The molecular formula is C16H17FN4O. The Morgan fingerprint density at radius 3 is 2.41 bits per heavy atom. The number of halogens is 1. The maximum atomic E-state index is 12.9. The van der Waals surface area contributed by atoms with Crippen molar-refractivity contribution in [1.82, 2.24) is 9.97 Å². The van der Waals surface area contributed by atoms with Gasteiger partial charge in [-0.1, -0.05) is 0 Å². The van der Waals surface area contributed by atoms with Gasteiger partial charge in [0.2, 0.25) is 11.9 Å². The molecule has 114 valence electrons.